The summed E-state index contributed by atoms with van der Waals surface area (Å²) in [7, 11) is 0. The third-order valence-corrected chi connectivity index (χ3v) is 6.13. The molecule has 0 aliphatic heterocycles. The van der Waals surface area contributed by atoms with Crippen LogP contribution in [0.4, 0.5) is 11.4 Å². The number of ether oxygens (including phenoxy) is 2. The van der Waals surface area contributed by atoms with Crippen LogP contribution in [-0.2, 0) is 19.3 Å². The molecule has 0 amide bonds. The molecule has 0 saturated carbocycles. The molecular weight excluding hydrogens is 456 g/mol. The van der Waals surface area contributed by atoms with Crippen LogP contribution in [0.3, 0.4) is 0 Å². The number of hydrogen-bond acceptors (Lipinski definition) is 4. The average molecular weight is 495 g/mol. The van der Waals surface area contributed by atoms with Crippen molar-refractivity contribution in [2.24, 2.45) is 11.8 Å². The lowest BCUT2D eigenvalue weighted by molar-refractivity contribution is 0.470. The van der Waals surface area contributed by atoms with Gasteiger partial charge in [-0.15, -0.1) is 0 Å². The second kappa shape index (κ2) is 11.9. The zero-order valence-electron chi connectivity index (χ0n) is 22.3. The highest BCUT2D eigenvalue weighted by Gasteiger charge is 2.14. The van der Waals surface area contributed by atoms with E-state index in [0.29, 0.717) is 29.6 Å². The van der Waals surface area contributed by atoms with Crippen molar-refractivity contribution in [1.82, 2.24) is 0 Å². The predicted octanol–water partition coefficient (Wildman–Crippen LogP) is 8.42. The fourth-order valence-corrected chi connectivity index (χ4v) is 4.47. The summed E-state index contributed by atoms with van der Waals surface area (Å²) in [5.41, 5.74) is 18.0. The second-order valence-electron chi connectivity index (χ2n) is 10.6. The standard InChI is InChI=1S/C33H38N2O2/c1-22(2)17-24-5-15-32(36-30-11-7-28(34)8-12-30)26(19-24)21-27-20-25(18-23(3)4)6-16-33(27)37-31-13-9-29(35)10-14-31/h5-16,19-20,22-23H,17-18,21,34-35H2,1-4H3. The van der Waals surface area contributed by atoms with Crippen molar-refractivity contribution in [3.63, 3.8) is 0 Å². The molecule has 0 saturated heterocycles. The molecule has 192 valence electrons. The summed E-state index contributed by atoms with van der Waals surface area (Å²) in [6.45, 7) is 8.97. The van der Waals surface area contributed by atoms with Crippen molar-refractivity contribution < 1.29 is 9.47 Å². The first-order valence-corrected chi connectivity index (χ1v) is 13.1. The topological polar surface area (TPSA) is 70.5 Å². The van der Waals surface area contributed by atoms with Crippen LogP contribution < -0.4 is 20.9 Å². The zero-order chi connectivity index (χ0) is 26.4. The highest BCUT2D eigenvalue weighted by molar-refractivity contribution is 5.50. The summed E-state index contributed by atoms with van der Waals surface area (Å²) in [5.74, 6) is 4.33. The van der Waals surface area contributed by atoms with E-state index in [4.69, 9.17) is 20.9 Å². The maximum absolute atomic E-state index is 6.35. The van der Waals surface area contributed by atoms with Gasteiger partial charge in [0.05, 0.1) is 0 Å². The number of benzene rings is 4. The fourth-order valence-electron chi connectivity index (χ4n) is 4.47. The zero-order valence-corrected chi connectivity index (χ0v) is 22.3. The van der Waals surface area contributed by atoms with Gasteiger partial charge in [0.15, 0.2) is 0 Å². The Morgan fingerprint density at radius 3 is 1.27 bits per heavy atom. The first-order chi connectivity index (χ1) is 17.7. The Kier molecular flexibility index (Phi) is 8.39. The van der Waals surface area contributed by atoms with E-state index in [1.165, 1.54) is 11.1 Å². The number of anilines is 2. The van der Waals surface area contributed by atoms with E-state index in [9.17, 15) is 0 Å². The monoisotopic (exact) mass is 494 g/mol. The Hall–Kier alpha value is -3.92. The lowest BCUT2D eigenvalue weighted by Crippen LogP contribution is -2.02. The quantitative estimate of drug-likeness (QED) is 0.217. The van der Waals surface area contributed by atoms with Crippen LogP contribution in [0.25, 0.3) is 0 Å². The second-order valence-corrected chi connectivity index (χ2v) is 10.6. The molecule has 0 spiro atoms. The lowest BCUT2D eigenvalue weighted by Gasteiger charge is -2.18. The highest BCUT2D eigenvalue weighted by atomic mass is 16.5. The third kappa shape index (κ3) is 7.53. The summed E-state index contributed by atoms with van der Waals surface area (Å²) in [6, 6.07) is 28.1. The van der Waals surface area contributed by atoms with Crippen LogP contribution in [0, 0.1) is 11.8 Å². The Labute approximate surface area is 221 Å². The summed E-state index contributed by atoms with van der Waals surface area (Å²) < 4.78 is 12.7. The van der Waals surface area contributed by atoms with Crippen LogP contribution in [0.1, 0.15) is 49.9 Å². The van der Waals surface area contributed by atoms with E-state index in [1.54, 1.807) is 0 Å². The molecule has 0 bridgehead atoms. The maximum Gasteiger partial charge on any atom is 0.130 e. The van der Waals surface area contributed by atoms with Crippen molar-refractivity contribution in [3.05, 3.63) is 107 Å². The number of hydrogen-bond donors (Lipinski definition) is 2. The lowest BCUT2D eigenvalue weighted by atomic mass is 9.94. The molecule has 0 aliphatic rings. The van der Waals surface area contributed by atoms with Gasteiger partial charge in [-0.1, -0.05) is 52.0 Å². The molecule has 4 aromatic rings. The van der Waals surface area contributed by atoms with Crippen molar-refractivity contribution >= 4 is 11.4 Å². The van der Waals surface area contributed by atoms with Gasteiger partial charge in [0.25, 0.3) is 0 Å². The van der Waals surface area contributed by atoms with Gasteiger partial charge in [0.2, 0.25) is 0 Å². The van der Waals surface area contributed by atoms with Crippen LogP contribution in [-0.4, -0.2) is 0 Å². The molecule has 0 aromatic heterocycles. The van der Waals surface area contributed by atoms with E-state index in [-0.39, 0.29) is 0 Å². The Balaban J connectivity index is 1.72. The maximum atomic E-state index is 6.35. The number of nitrogens with two attached hydrogens (primary N) is 2. The molecule has 4 nitrogen and oxygen atoms in total. The van der Waals surface area contributed by atoms with Gasteiger partial charge in [0, 0.05) is 17.8 Å². The molecule has 4 aromatic carbocycles. The summed E-state index contributed by atoms with van der Waals surface area (Å²) in [6.07, 6.45) is 2.71. The van der Waals surface area contributed by atoms with Crippen molar-refractivity contribution in [2.75, 3.05) is 11.5 Å². The van der Waals surface area contributed by atoms with Gasteiger partial charge in [0.1, 0.15) is 23.0 Å². The minimum Gasteiger partial charge on any atom is -0.457 e. The first kappa shape index (κ1) is 26.2. The van der Waals surface area contributed by atoms with Crippen LogP contribution in [0.5, 0.6) is 23.0 Å². The Morgan fingerprint density at radius 2 is 0.919 bits per heavy atom. The number of rotatable bonds is 10. The largest absolute Gasteiger partial charge is 0.457 e. The molecule has 0 unspecified atom stereocenters. The van der Waals surface area contributed by atoms with E-state index < -0.39 is 0 Å². The van der Waals surface area contributed by atoms with Gasteiger partial charge in [-0.3, -0.25) is 0 Å². The predicted molar refractivity (Wildman–Crippen MR) is 155 cm³/mol. The first-order valence-electron chi connectivity index (χ1n) is 13.1. The van der Waals surface area contributed by atoms with Crippen molar-refractivity contribution in [3.8, 4) is 23.0 Å². The van der Waals surface area contributed by atoms with Crippen molar-refractivity contribution in [2.45, 2.75) is 47.0 Å². The van der Waals surface area contributed by atoms with E-state index in [1.807, 2.05) is 48.5 Å². The van der Waals surface area contributed by atoms with E-state index in [2.05, 4.69) is 64.1 Å². The normalized spacial score (nSPS) is 11.2. The van der Waals surface area contributed by atoms with Crippen LogP contribution >= 0.6 is 0 Å². The highest BCUT2D eigenvalue weighted by Crippen LogP contribution is 2.34. The van der Waals surface area contributed by atoms with Gasteiger partial charge in [-0.25, -0.2) is 0 Å². The van der Waals surface area contributed by atoms with Crippen molar-refractivity contribution in [1.29, 1.82) is 0 Å². The molecule has 37 heavy (non-hydrogen) atoms. The van der Waals surface area contributed by atoms with Crippen LogP contribution in [0.2, 0.25) is 0 Å². The van der Waals surface area contributed by atoms with Gasteiger partial charge in [-0.2, -0.15) is 0 Å². The molecule has 4 N–H and O–H groups in total. The summed E-state index contributed by atoms with van der Waals surface area (Å²) >= 11 is 0. The minimum atomic E-state index is 0.565. The smallest absolute Gasteiger partial charge is 0.130 e. The molecular formula is C33H38N2O2. The Morgan fingerprint density at radius 1 is 0.541 bits per heavy atom. The third-order valence-electron chi connectivity index (χ3n) is 6.13. The average Bonchev–Trinajstić information content (AvgIpc) is 2.84. The summed E-state index contributed by atoms with van der Waals surface area (Å²) in [5, 5.41) is 0. The number of nitrogen functional groups attached to an aromatic ring is 2. The molecule has 4 heteroatoms. The van der Waals surface area contributed by atoms with Gasteiger partial charge < -0.3 is 20.9 Å². The van der Waals surface area contributed by atoms with Gasteiger partial charge >= 0.3 is 0 Å². The molecule has 0 aliphatic carbocycles. The summed E-state index contributed by atoms with van der Waals surface area (Å²) in [4.78, 5) is 0. The minimum absolute atomic E-state index is 0.565. The molecule has 4 rings (SSSR count). The Bertz CT molecular complexity index is 1210. The van der Waals surface area contributed by atoms with E-state index >= 15 is 0 Å². The van der Waals surface area contributed by atoms with Gasteiger partial charge in [-0.05, 0) is 108 Å². The molecule has 0 fully saturated rings. The molecule has 0 radical (unpaired) electrons. The SMILES string of the molecule is CC(C)Cc1ccc(Oc2ccc(N)cc2)c(Cc2cc(CC(C)C)ccc2Oc2ccc(N)cc2)c1. The molecule has 0 atom stereocenters. The van der Waals surface area contributed by atoms with Crippen LogP contribution in [0.15, 0.2) is 84.9 Å². The fraction of sp³-hybridized carbons (Fsp3) is 0.273. The molecule has 0 heterocycles. The van der Waals surface area contributed by atoms with E-state index in [0.717, 1.165) is 47.0 Å².